The first kappa shape index (κ1) is 13.0. The van der Waals surface area contributed by atoms with Crippen molar-refractivity contribution in [3.63, 3.8) is 0 Å². The average Bonchev–Trinajstić information content (AvgIpc) is 2.79. The van der Waals surface area contributed by atoms with Gasteiger partial charge in [-0.15, -0.1) is 0 Å². The topological polar surface area (TPSA) is 34.9 Å². The van der Waals surface area contributed by atoms with E-state index >= 15 is 0 Å². The SMILES string of the molecule is CCn1ccnc1CC(=O)c1cc(Br)ccc1C. The van der Waals surface area contributed by atoms with Gasteiger partial charge in [0.05, 0.1) is 6.42 Å². The summed E-state index contributed by atoms with van der Waals surface area (Å²) in [5.41, 5.74) is 1.76. The maximum absolute atomic E-state index is 12.3. The van der Waals surface area contributed by atoms with Crippen LogP contribution in [0.25, 0.3) is 0 Å². The van der Waals surface area contributed by atoms with E-state index in [4.69, 9.17) is 0 Å². The Bertz CT molecular complexity index is 575. The number of ketones is 1. The number of carbonyl (C=O) groups is 1. The molecular formula is C14H15BrN2O. The van der Waals surface area contributed by atoms with E-state index in [9.17, 15) is 4.79 Å². The van der Waals surface area contributed by atoms with Gasteiger partial charge >= 0.3 is 0 Å². The predicted molar refractivity (Wildman–Crippen MR) is 74.8 cm³/mol. The highest BCUT2D eigenvalue weighted by Crippen LogP contribution is 2.17. The summed E-state index contributed by atoms with van der Waals surface area (Å²) < 4.78 is 2.92. The highest BCUT2D eigenvalue weighted by Gasteiger charge is 2.13. The molecule has 0 spiro atoms. The van der Waals surface area contributed by atoms with Crippen LogP contribution in [-0.4, -0.2) is 15.3 Å². The lowest BCUT2D eigenvalue weighted by Gasteiger charge is -2.07. The molecule has 0 radical (unpaired) electrons. The molecule has 0 fully saturated rings. The number of halogens is 1. The fourth-order valence-corrected chi connectivity index (χ4v) is 2.29. The summed E-state index contributed by atoms with van der Waals surface area (Å²) in [7, 11) is 0. The highest BCUT2D eigenvalue weighted by atomic mass is 79.9. The van der Waals surface area contributed by atoms with Gasteiger partial charge in [0.1, 0.15) is 5.82 Å². The minimum Gasteiger partial charge on any atom is -0.335 e. The second kappa shape index (κ2) is 5.48. The zero-order valence-electron chi connectivity index (χ0n) is 10.5. The molecular weight excluding hydrogens is 292 g/mol. The molecule has 2 aromatic rings. The molecule has 0 N–H and O–H groups in total. The average molecular weight is 307 g/mol. The van der Waals surface area contributed by atoms with Crippen molar-refractivity contribution < 1.29 is 4.79 Å². The molecule has 0 atom stereocenters. The Balaban J connectivity index is 2.25. The van der Waals surface area contributed by atoms with Crippen LogP contribution in [-0.2, 0) is 13.0 Å². The third-order valence-corrected chi connectivity index (χ3v) is 3.45. The summed E-state index contributed by atoms with van der Waals surface area (Å²) in [5.74, 6) is 0.927. The predicted octanol–water partition coefficient (Wildman–Crippen LogP) is 3.40. The van der Waals surface area contributed by atoms with Gasteiger partial charge in [0.25, 0.3) is 0 Å². The van der Waals surface area contributed by atoms with Crippen LogP contribution in [0.2, 0.25) is 0 Å². The molecule has 0 aliphatic heterocycles. The number of hydrogen-bond donors (Lipinski definition) is 0. The van der Waals surface area contributed by atoms with Crippen LogP contribution in [0.4, 0.5) is 0 Å². The lowest BCUT2D eigenvalue weighted by molar-refractivity contribution is 0.0989. The Labute approximate surface area is 115 Å². The maximum atomic E-state index is 12.3. The minimum absolute atomic E-state index is 0.106. The number of imidazole rings is 1. The van der Waals surface area contributed by atoms with Crippen molar-refractivity contribution in [3.8, 4) is 0 Å². The minimum atomic E-state index is 0.106. The van der Waals surface area contributed by atoms with Crippen molar-refractivity contribution in [1.82, 2.24) is 9.55 Å². The standard InChI is InChI=1S/C14H15BrN2O/c1-3-17-7-6-16-14(17)9-13(18)12-8-11(15)5-4-10(12)2/h4-8H,3,9H2,1-2H3. The summed E-state index contributed by atoms with van der Waals surface area (Å²) in [5, 5.41) is 0. The van der Waals surface area contributed by atoms with Gasteiger partial charge in [0.15, 0.2) is 5.78 Å². The first-order valence-electron chi connectivity index (χ1n) is 5.91. The molecule has 0 saturated heterocycles. The number of Topliss-reactive ketones (excluding diaryl/α,β-unsaturated/α-hetero) is 1. The largest absolute Gasteiger partial charge is 0.335 e. The Morgan fingerprint density at radius 3 is 2.94 bits per heavy atom. The summed E-state index contributed by atoms with van der Waals surface area (Å²) >= 11 is 3.40. The van der Waals surface area contributed by atoms with Gasteiger partial charge in [-0.25, -0.2) is 4.98 Å². The van der Waals surface area contributed by atoms with E-state index in [0.29, 0.717) is 6.42 Å². The van der Waals surface area contributed by atoms with Crippen LogP contribution in [0.5, 0.6) is 0 Å². The number of carbonyl (C=O) groups excluding carboxylic acids is 1. The number of rotatable bonds is 4. The van der Waals surface area contributed by atoms with Gasteiger partial charge in [-0.05, 0) is 31.5 Å². The molecule has 0 saturated carbocycles. The number of aromatic nitrogens is 2. The monoisotopic (exact) mass is 306 g/mol. The van der Waals surface area contributed by atoms with E-state index in [1.54, 1.807) is 6.20 Å². The molecule has 0 bridgehead atoms. The Morgan fingerprint density at radius 1 is 1.44 bits per heavy atom. The lowest BCUT2D eigenvalue weighted by Crippen LogP contribution is -2.10. The van der Waals surface area contributed by atoms with Crippen LogP contribution in [0.3, 0.4) is 0 Å². The molecule has 1 aromatic carbocycles. The molecule has 4 heteroatoms. The molecule has 0 unspecified atom stereocenters. The van der Waals surface area contributed by atoms with Crippen molar-refractivity contribution in [3.05, 3.63) is 52.0 Å². The quantitative estimate of drug-likeness (QED) is 0.812. The van der Waals surface area contributed by atoms with Crippen LogP contribution in [0.1, 0.15) is 28.7 Å². The van der Waals surface area contributed by atoms with E-state index in [1.165, 1.54) is 0 Å². The molecule has 1 heterocycles. The van der Waals surface area contributed by atoms with E-state index in [1.807, 2.05) is 42.8 Å². The fraction of sp³-hybridized carbons (Fsp3) is 0.286. The third-order valence-electron chi connectivity index (χ3n) is 2.96. The Hall–Kier alpha value is -1.42. The van der Waals surface area contributed by atoms with Crippen molar-refractivity contribution in [2.75, 3.05) is 0 Å². The summed E-state index contributed by atoms with van der Waals surface area (Å²) in [6.45, 7) is 4.83. The first-order valence-corrected chi connectivity index (χ1v) is 6.70. The molecule has 2 rings (SSSR count). The second-order valence-electron chi connectivity index (χ2n) is 4.19. The van der Waals surface area contributed by atoms with Gasteiger partial charge in [-0.1, -0.05) is 22.0 Å². The zero-order valence-corrected chi connectivity index (χ0v) is 12.1. The fourth-order valence-electron chi connectivity index (χ4n) is 1.93. The Morgan fingerprint density at radius 2 is 2.22 bits per heavy atom. The molecule has 0 aliphatic rings. The first-order chi connectivity index (χ1) is 8.61. The van der Waals surface area contributed by atoms with E-state index in [2.05, 4.69) is 20.9 Å². The molecule has 3 nitrogen and oxygen atoms in total. The van der Waals surface area contributed by atoms with Gasteiger partial charge in [0.2, 0.25) is 0 Å². The number of aryl methyl sites for hydroxylation is 2. The molecule has 0 amide bonds. The van der Waals surface area contributed by atoms with Gasteiger partial charge < -0.3 is 4.57 Å². The second-order valence-corrected chi connectivity index (χ2v) is 5.10. The van der Waals surface area contributed by atoms with Gasteiger partial charge in [0, 0.05) is 29.0 Å². The normalized spacial score (nSPS) is 10.6. The van der Waals surface area contributed by atoms with Crippen molar-refractivity contribution >= 4 is 21.7 Å². The van der Waals surface area contributed by atoms with Crippen molar-refractivity contribution in [1.29, 1.82) is 0 Å². The summed E-state index contributed by atoms with van der Waals surface area (Å²) in [4.78, 5) is 16.5. The van der Waals surface area contributed by atoms with Crippen molar-refractivity contribution in [2.24, 2.45) is 0 Å². The van der Waals surface area contributed by atoms with E-state index < -0.39 is 0 Å². The van der Waals surface area contributed by atoms with Crippen LogP contribution in [0.15, 0.2) is 35.1 Å². The third kappa shape index (κ3) is 2.70. The van der Waals surface area contributed by atoms with Crippen LogP contribution < -0.4 is 0 Å². The summed E-state index contributed by atoms with van der Waals surface area (Å²) in [6.07, 6.45) is 3.98. The van der Waals surface area contributed by atoms with Crippen molar-refractivity contribution in [2.45, 2.75) is 26.8 Å². The van der Waals surface area contributed by atoms with Gasteiger partial charge in [-0.3, -0.25) is 4.79 Å². The number of nitrogens with zero attached hydrogens (tertiary/aromatic N) is 2. The maximum Gasteiger partial charge on any atom is 0.170 e. The molecule has 94 valence electrons. The molecule has 0 aliphatic carbocycles. The zero-order chi connectivity index (χ0) is 13.1. The lowest BCUT2D eigenvalue weighted by atomic mass is 10.0. The number of benzene rings is 1. The smallest absolute Gasteiger partial charge is 0.170 e. The van der Waals surface area contributed by atoms with E-state index in [0.717, 1.165) is 28.0 Å². The molecule has 1 aromatic heterocycles. The number of hydrogen-bond acceptors (Lipinski definition) is 2. The summed E-state index contributed by atoms with van der Waals surface area (Å²) in [6, 6.07) is 5.76. The van der Waals surface area contributed by atoms with Gasteiger partial charge in [-0.2, -0.15) is 0 Å². The van der Waals surface area contributed by atoms with Crippen LogP contribution in [0, 0.1) is 6.92 Å². The highest BCUT2D eigenvalue weighted by molar-refractivity contribution is 9.10. The molecule has 18 heavy (non-hydrogen) atoms. The van der Waals surface area contributed by atoms with E-state index in [-0.39, 0.29) is 5.78 Å². The van der Waals surface area contributed by atoms with Crippen LogP contribution >= 0.6 is 15.9 Å². The Kier molecular flexibility index (Phi) is 3.97.